The van der Waals surface area contributed by atoms with Gasteiger partial charge in [0, 0.05) is 32.4 Å². The van der Waals surface area contributed by atoms with E-state index >= 15 is 0 Å². The second-order valence-electron chi connectivity index (χ2n) is 7.45. The number of sulfone groups is 1. The number of nitrogens with zero attached hydrogens (tertiary/aromatic N) is 3. The average Bonchev–Trinajstić information content (AvgIpc) is 2.71. The molecular weight excluding hydrogens is 338 g/mol. The van der Waals surface area contributed by atoms with Gasteiger partial charge in [0.2, 0.25) is 0 Å². The predicted molar refractivity (Wildman–Crippen MR) is 104 cm³/mol. The van der Waals surface area contributed by atoms with Crippen LogP contribution >= 0.6 is 0 Å². The van der Waals surface area contributed by atoms with Gasteiger partial charge in [-0.3, -0.25) is 9.67 Å². The summed E-state index contributed by atoms with van der Waals surface area (Å²) < 4.78 is 25.5. The highest BCUT2D eigenvalue weighted by Crippen LogP contribution is 2.15. The number of aryl methyl sites for hydroxylation is 2. The van der Waals surface area contributed by atoms with Crippen LogP contribution in [0.15, 0.2) is 4.99 Å². The maximum Gasteiger partial charge on any atom is 0.191 e. The molecule has 8 heteroatoms. The fourth-order valence-electron chi connectivity index (χ4n) is 2.51. The number of aliphatic imine (C=N–C) groups is 1. The van der Waals surface area contributed by atoms with Crippen molar-refractivity contribution < 1.29 is 8.42 Å². The number of aromatic nitrogens is 2. The highest BCUT2D eigenvalue weighted by Gasteiger charge is 2.28. The van der Waals surface area contributed by atoms with Gasteiger partial charge in [0.15, 0.2) is 15.8 Å². The van der Waals surface area contributed by atoms with E-state index in [1.807, 2.05) is 18.7 Å². The summed E-state index contributed by atoms with van der Waals surface area (Å²) in [6.07, 6.45) is 0.826. The van der Waals surface area contributed by atoms with Gasteiger partial charge in [-0.05, 0) is 53.5 Å². The van der Waals surface area contributed by atoms with Crippen molar-refractivity contribution in [3.8, 4) is 0 Å². The standard InChI is InChI=1S/C17H33N5O2S/c1-12(11-15-13(2)21-22(8)14(15)3)20-16(18-7)19-9-10-25(23,24)17(4,5)6/h12H,9-11H2,1-8H3,(H2,18,19,20). The first-order valence-corrected chi connectivity index (χ1v) is 10.2. The van der Waals surface area contributed by atoms with Crippen LogP contribution in [-0.4, -0.2) is 54.3 Å². The first-order chi connectivity index (χ1) is 11.4. The van der Waals surface area contributed by atoms with Crippen LogP contribution in [0.4, 0.5) is 0 Å². The van der Waals surface area contributed by atoms with Crippen molar-refractivity contribution in [2.45, 2.75) is 58.8 Å². The molecule has 1 heterocycles. The molecule has 0 aliphatic carbocycles. The van der Waals surface area contributed by atoms with Crippen molar-refractivity contribution in [3.05, 3.63) is 17.0 Å². The second kappa shape index (κ2) is 8.21. The number of guanidine groups is 1. The van der Waals surface area contributed by atoms with Crippen LogP contribution in [0.5, 0.6) is 0 Å². The Kier molecular flexibility index (Phi) is 7.05. The molecule has 1 unspecified atom stereocenters. The lowest BCUT2D eigenvalue weighted by Crippen LogP contribution is -2.45. The molecule has 1 atom stereocenters. The van der Waals surface area contributed by atoms with E-state index in [0.717, 1.165) is 17.8 Å². The van der Waals surface area contributed by atoms with E-state index in [1.165, 1.54) is 5.56 Å². The molecule has 0 saturated carbocycles. The largest absolute Gasteiger partial charge is 0.355 e. The van der Waals surface area contributed by atoms with Crippen molar-refractivity contribution in [1.82, 2.24) is 20.4 Å². The lowest BCUT2D eigenvalue weighted by molar-refractivity contribution is 0.558. The minimum atomic E-state index is -3.14. The van der Waals surface area contributed by atoms with Crippen LogP contribution in [-0.2, 0) is 23.3 Å². The van der Waals surface area contributed by atoms with E-state index in [4.69, 9.17) is 0 Å². The third-order valence-electron chi connectivity index (χ3n) is 4.37. The summed E-state index contributed by atoms with van der Waals surface area (Å²) in [5.41, 5.74) is 3.42. The van der Waals surface area contributed by atoms with E-state index in [0.29, 0.717) is 12.5 Å². The topological polar surface area (TPSA) is 88.4 Å². The second-order valence-corrected chi connectivity index (χ2v) is 10.3. The van der Waals surface area contributed by atoms with Crippen molar-refractivity contribution in [2.24, 2.45) is 12.0 Å². The van der Waals surface area contributed by atoms with Crippen molar-refractivity contribution in [3.63, 3.8) is 0 Å². The molecule has 0 saturated heterocycles. The van der Waals surface area contributed by atoms with E-state index in [-0.39, 0.29) is 11.8 Å². The fourth-order valence-corrected chi connectivity index (χ4v) is 3.49. The molecule has 25 heavy (non-hydrogen) atoms. The Morgan fingerprint density at radius 3 is 2.36 bits per heavy atom. The van der Waals surface area contributed by atoms with Gasteiger partial charge in [-0.2, -0.15) is 5.10 Å². The Morgan fingerprint density at radius 2 is 1.92 bits per heavy atom. The SMILES string of the molecule is CN=C(NCCS(=O)(=O)C(C)(C)C)NC(C)Cc1c(C)nn(C)c1C. The molecule has 0 aromatic carbocycles. The van der Waals surface area contributed by atoms with E-state index < -0.39 is 14.6 Å². The van der Waals surface area contributed by atoms with E-state index in [1.54, 1.807) is 27.8 Å². The van der Waals surface area contributed by atoms with Crippen LogP contribution in [0.1, 0.15) is 44.6 Å². The molecule has 0 aliphatic rings. The highest BCUT2D eigenvalue weighted by molar-refractivity contribution is 7.92. The fraction of sp³-hybridized carbons (Fsp3) is 0.765. The van der Waals surface area contributed by atoms with Gasteiger partial charge in [0.1, 0.15) is 0 Å². The molecule has 0 fully saturated rings. The minimum absolute atomic E-state index is 0.0758. The zero-order valence-electron chi connectivity index (χ0n) is 16.8. The monoisotopic (exact) mass is 371 g/mol. The lowest BCUT2D eigenvalue weighted by Gasteiger charge is -2.21. The zero-order valence-corrected chi connectivity index (χ0v) is 17.6. The zero-order chi connectivity index (χ0) is 19.4. The molecule has 1 aromatic heterocycles. The summed E-state index contributed by atoms with van der Waals surface area (Å²) in [6.45, 7) is 11.6. The summed E-state index contributed by atoms with van der Waals surface area (Å²) in [6, 6.07) is 0.145. The molecule has 0 radical (unpaired) electrons. The summed E-state index contributed by atoms with van der Waals surface area (Å²) in [5.74, 6) is 0.683. The highest BCUT2D eigenvalue weighted by atomic mass is 32.2. The maximum absolute atomic E-state index is 12.2. The van der Waals surface area contributed by atoms with Gasteiger partial charge in [-0.15, -0.1) is 0 Å². The number of hydrogen-bond donors (Lipinski definition) is 2. The molecule has 1 aromatic rings. The number of hydrogen-bond acceptors (Lipinski definition) is 4. The smallest absolute Gasteiger partial charge is 0.191 e. The van der Waals surface area contributed by atoms with Gasteiger partial charge < -0.3 is 10.6 Å². The molecule has 7 nitrogen and oxygen atoms in total. The Balaban J connectivity index is 2.59. The van der Waals surface area contributed by atoms with Gasteiger partial charge >= 0.3 is 0 Å². The molecule has 0 spiro atoms. The molecule has 0 bridgehead atoms. The average molecular weight is 372 g/mol. The van der Waals surface area contributed by atoms with Gasteiger partial charge in [0.25, 0.3) is 0 Å². The number of nitrogens with one attached hydrogen (secondary N) is 2. The molecule has 2 N–H and O–H groups in total. The van der Waals surface area contributed by atoms with E-state index in [9.17, 15) is 8.42 Å². The van der Waals surface area contributed by atoms with Gasteiger partial charge in [-0.1, -0.05) is 0 Å². The van der Waals surface area contributed by atoms with Crippen LogP contribution in [0.2, 0.25) is 0 Å². The third-order valence-corrected chi connectivity index (χ3v) is 6.98. The van der Waals surface area contributed by atoms with Crippen molar-refractivity contribution in [2.75, 3.05) is 19.3 Å². The summed E-state index contributed by atoms with van der Waals surface area (Å²) >= 11 is 0. The normalized spacial score (nSPS) is 14.5. The molecule has 0 amide bonds. The molecular formula is C17H33N5O2S. The minimum Gasteiger partial charge on any atom is -0.355 e. The lowest BCUT2D eigenvalue weighted by atomic mass is 10.1. The Bertz CT molecular complexity index is 714. The van der Waals surface area contributed by atoms with Gasteiger partial charge in [-0.25, -0.2) is 8.42 Å². The first-order valence-electron chi connectivity index (χ1n) is 8.57. The third kappa shape index (κ3) is 5.73. The molecule has 1 rings (SSSR count). The summed E-state index contributed by atoms with van der Waals surface area (Å²) in [4.78, 5) is 4.18. The summed E-state index contributed by atoms with van der Waals surface area (Å²) in [7, 11) is 0.483. The number of rotatable bonds is 6. The Morgan fingerprint density at radius 1 is 1.32 bits per heavy atom. The van der Waals surface area contributed by atoms with Crippen molar-refractivity contribution >= 4 is 15.8 Å². The van der Waals surface area contributed by atoms with Crippen LogP contribution in [0.25, 0.3) is 0 Å². The quantitative estimate of drug-likeness (QED) is 0.582. The van der Waals surface area contributed by atoms with Crippen molar-refractivity contribution in [1.29, 1.82) is 0 Å². The van der Waals surface area contributed by atoms with Crippen LogP contribution in [0.3, 0.4) is 0 Å². The maximum atomic E-state index is 12.2. The first kappa shape index (κ1) is 21.5. The van der Waals surface area contributed by atoms with Gasteiger partial charge in [0.05, 0.1) is 16.2 Å². The van der Waals surface area contributed by atoms with Crippen LogP contribution < -0.4 is 10.6 Å². The van der Waals surface area contributed by atoms with E-state index in [2.05, 4.69) is 34.6 Å². The predicted octanol–water partition coefficient (Wildman–Crippen LogP) is 1.35. The molecule has 0 aliphatic heterocycles. The molecule has 144 valence electrons. The van der Waals surface area contributed by atoms with Crippen LogP contribution in [0, 0.1) is 13.8 Å². The Labute approximate surface area is 152 Å². The summed E-state index contributed by atoms with van der Waals surface area (Å²) in [5, 5.41) is 10.8. The Hall–Kier alpha value is -1.57.